The summed E-state index contributed by atoms with van der Waals surface area (Å²) in [5.74, 6) is 0. The van der Waals surface area contributed by atoms with Crippen LogP contribution in [0.15, 0.2) is 30.3 Å². The van der Waals surface area contributed by atoms with Crippen molar-refractivity contribution in [2.45, 2.75) is 19.6 Å². The zero-order valence-corrected chi connectivity index (χ0v) is 6.79. The van der Waals surface area contributed by atoms with Crippen molar-refractivity contribution in [2.75, 3.05) is 0 Å². The molecule has 0 heterocycles. The van der Waals surface area contributed by atoms with Gasteiger partial charge in [-0.25, -0.2) is 0 Å². The van der Waals surface area contributed by atoms with Gasteiger partial charge in [0, 0.05) is 0 Å². The van der Waals surface area contributed by atoms with Gasteiger partial charge in [-0.1, -0.05) is 30.3 Å². The van der Waals surface area contributed by atoms with Gasteiger partial charge in [-0.15, -0.1) is 0 Å². The molecule has 0 spiro atoms. The molecule has 1 atom stereocenters. The van der Waals surface area contributed by atoms with Crippen molar-refractivity contribution in [3.05, 3.63) is 42.8 Å². The Hall–Kier alpha value is -0.820. The van der Waals surface area contributed by atoms with Crippen molar-refractivity contribution in [3.63, 3.8) is 0 Å². The van der Waals surface area contributed by atoms with Gasteiger partial charge >= 0.3 is 0 Å². The van der Waals surface area contributed by atoms with Crippen molar-refractivity contribution in [1.29, 1.82) is 0 Å². The lowest BCUT2D eigenvalue weighted by atomic mass is 10.2. The molecule has 1 rings (SSSR count). The molecule has 0 saturated heterocycles. The Bertz CT molecular complexity index is 191. The van der Waals surface area contributed by atoms with E-state index in [2.05, 4.69) is 6.92 Å². The summed E-state index contributed by atoms with van der Waals surface area (Å²) in [6, 6.07) is 10.1. The van der Waals surface area contributed by atoms with Crippen LogP contribution in [0.1, 0.15) is 12.5 Å². The van der Waals surface area contributed by atoms with Crippen LogP contribution in [0.25, 0.3) is 0 Å². The molecule has 11 heavy (non-hydrogen) atoms. The van der Waals surface area contributed by atoms with Crippen LogP contribution in [-0.4, -0.2) is 6.10 Å². The molecular formula is C10H13O. The lowest BCUT2D eigenvalue weighted by molar-refractivity contribution is 0.0823. The van der Waals surface area contributed by atoms with Crippen molar-refractivity contribution >= 4 is 0 Å². The molecule has 0 fully saturated rings. The quantitative estimate of drug-likeness (QED) is 0.641. The van der Waals surface area contributed by atoms with Gasteiger partial charge in [0.15, 0.2) is 0 Å². The highest BCUT2D eigenvalue weighted by Gasteiger charge is 1.93. The van der Waals surface area contributed by atoms with Gasteiger partial charge in [-0.05, 0) is 19.4 Å². The molecular weight excluding hydrogens is 136 g/mol. The molecule has 1 aromatic carbocycles. The van der Waals surface area contributed by atoms with Crippen LogP contribution in [0.2, 0.25) is 0 Å². The smallest absolute Gasteiger partial charge is 0.0720 e. The van der Waals surface area contributed by atoms with Crippen LogP contribution >= 0.6 is 0 Å². The molecule has 0 aliphatic rings. The first-order valence-corrected chi connectivity index (χ1v) is 3.77. The third kappa shape index (κ3) is 3.19. The summed E-state index contributed by atoms with van der Waals surface area (Å²) in [5, 5.41) is 0. The highest BCUT2D eigenvalue weighted by Crippen LogP contribution is 2.01. The summed E-state index contributed by atoms with van der Waals surface area (Å²) in [6.45, 7) is 6.32. The van der Waals surface area contributed by atoms with Crippen LogP contribution in [0.4, 0.5) is 0 Å². The molecule has 1 radical (unpaired) electrons. The Morgan fingerprint density at radius 1 is 1.36 bits per heavy atom. The minimum Gasteiger partial charge on any atom is -0.374 e. The summed E-state index contributed by atoms with van der Waals surface area (Å²) in [7, 11) is 0. The number of ether oxygens (including phenoxy) is 1. The number of hydrogen-bond donors (Lipinski definition) is 0. The van der Waals surface area contributed by atoms with Crippen molar-refractivity contribution in [2.24, 2.45) is 0 Å². The predicted molar refractivity (Wildman–Crippen MR) is 46.1 cm³/mol. The molecule has 0 aromatic heterocycles. The maximum Gasteiger partial charge on any atom is 0.0720 e. The van der Waals surface area contributed by atoms with Gasteiger partial charge < -0.3 is 4.74 Å². The van der Waals surface area contributed by atoms with Gasteiger partial charge in [0.25, 0.3) is 0 Å². The van der Waals surface area contributed by atoms with Crippen LogP contribution in [0, 0.1) is 6.92 Å². The molecule has 1 nitrogen and oxygen atoms in total. The third-order valence-corrected chi connectivity index (χ3v) is 1.38. The molecule has 1 heteroatoms. The summed E-state index contributed by atoms with van der Waals surface area (Å²) < 4.78 is 5.32. The van der Waals surface area contributed by atoms with Crippen molar-refractivity contribution in [1.82, 2.24) is 0 Å². The molecule has 0 aliphatic heterocycles. The molecule has 0 N–H and O–H groups in total. The fraction of sp³-hybridized carbons (Fsp3) is 0.300. The van der Waals surface area contributed by atoms with E-state index in [1.54, 1.807) is 0 Å². The zero-order valence-electron chi connectivity index (χ0n) is 6.79. The van der Waals surface area contributed by atoms with Gasteiger partial charge in [0.05, 0.1) is 12.7 Å². The molecule has 0 unspecified atom stereocenters. The van der Waals surface area contributed by atoms with Gasteiger partial charge in [0.1, 0.15) is 0 Å². The molecule has 0 saturated carbocycles. The Labute approximate surface area is 68.0 Å². The maximum atomic E-state index is 5.32. The van der Waals surface area contributed by atoms with Gasteiger partial charge in [0.2, 0.25) is 0 Å². The van der Waals surface area contributed by atoms with Gasteiger partial charge in [-0.3, -0.25) is 0 Å². The first-order valence-electron chi connectivity index (χ1n) is 3.77. The second-order valence-electron chi connectivity index (χ2n) is 2.61. The van der Waals surface area contributed by atoms with Crippen LogP contribution < -0.4 is 0 Å². The monoisotopic (exact) mass is 149 g/mol. The Balaban J connectivity index is 2.39. The largest absolute Gasteiger partial charge is 0.374 e. The van der Waals surface area contributed by atoms with E-state index in [4.69, 9.17) is 4.74 Å². The fourth-order valence-corrected chi connectivity index (χ4v) is 0.813. The summed E-state index contributed by atoms with van der Waals surface area (Å²) in [4.78, 5) is 0. The van der Waals surface area contributed by atoms with E-state index in [1.807, 2.05) is 37.3 Å². The first kappa shape index (κ1) is 8.28. The van der Waals surface area contributed by atoms with E-state index < -0.39 is 0 Å². The van der Waals surface area contributed by atoms with E-state index >= 15 is 0 Å². The van der Waals surface area contributed by atoms with E-state index in [0.717, 1.165) is 0 Å². The van der Waals surface area contributed by atoms with Crippen LogP contribution in [0.5, 0.6) is 0 Å². The molecule has 0 aliphatic carbocycles. The summed E-state index contributed by atoms with van der Waals surface area (Å²) in [5.41, 5.74) is 1.20. The Morgan fingerprint density at radius 3 is 2.55 bits per heavy atom. The zero-order chi connectivity index (χ0) is 8.10. The first-order chi connectivity index (χ1) is 5.29. The maximum absolute atomic E-state index is 5.32. The topological polar surface area (TPSA) is 9.23 Å². The van der Waals surface area contributed by atoms with Crippen molar-refractivity contribution < 1.29 is 4.74 Å². The standard InChI is InChI=1S/C10H13O/c1-9(2)11-8-10-6-4-3-5-7-10/h3-7,9H,1,8H2,2H3/t9-/m1/s1. The van der Waals surface area contributed by atoms with Crippen LogP contribution in [-0.2, 0) is 11.3 Å². The highest BCUT2D eigenvalue weighted by molar-refractivity contribution is 5.13. The number of benzene rings is 1. The Kier molecular flexibility index (Phi) is 3.12. The van der Waals surface area contributed by atoms with Crippen molar-refractivity contribution in [3.8, 4) is 0 Å². The molecule has 0 bridgehead atoms. The SMILES string of the molecule is [CH2][C@H](C)OCc1ccccc1. The fourth-order valence-electron chi connectivity index (χ4n) is 0.813. The second-order valence-corrected chi connectivity index (χ2v) is 2.61. The number of hydrogen-bond acceptors (Lipinski definition) is 1. The highest BCUT2D eigenvalue weighted by atomic mass is 16.5. The molecule has 1 aromatic rings. The third-order valence-electron chi connectivity index (χ3n) is 1.38. The second kappa shape index (κ2) is 4.14. The normalized spacial score (nSPS) is 10.5. The average molecular weight is 149 g/mol. The number of rotatable bonds is 3. The summed E-state index contributed by atoms with van der Waals surface area (Å²) >= 11 is 0. The lowest BCUT2D eigenvalue weighted by Crippen LogP contribution is -2.02. The van der Waals surface area contributed by atoms with E-state index in [-0.39, 0.29) is 6.10 Å². The van der Waals surface area contributed by atoms with Gasteiger partial charge in [-0.2, -0.15) is 0 Å². The molecule has 59 valence electrons. The predicted octanol–water partition coefficient (Wildman–Crippen LogP) is 2.43. The van der Waals surface area contributed by atoms with Crippen LogP contribution in [0.3, 0.4) is 0 Å². The molecule has 0 amide bonds. The summed E-state index contributed by atoms with van der Waals surface area (Å²) in [6.07, 6.45) is 0.0650. The lowest BCUT2D eigenvalue weighted by Gasteiger charge is -2.06. The van der Waals surface area contributed by atoms with E-state index in [1.165, 1.54) is 5.56 Å². The van der Waals surface area contributed by atoms with E-state index in [0.29, 0.717) is 6.61 Å². The van der Waals surface area contributed by atoms with E-state index in [9.17, 15) is 0 Å². The minimum atomic E-state index is 0.0650. The Morgan fingerprint density at radius 2 is 2.00 bits per heavy atom. The minimum absolute atomic E-state index is 0.0650. The average Bonchev–Trinajstić information content (AvgIpc) is 2.03.